The van der Waals surface area contributed by atoms with Crippen LogP contribution < -0.4 is 10.7 Å². The number of benzene rings is 2. The molecule has 6 heteroatoms. The molecule has 3 rings (SSSR count). The Hall–Kier alpha value is -3.28. The van der Waals surface area contributed by atoms with Crippen LogP contribution in [-0.4, -0.2) is 28.0 Å². The first-order chi connectivity index (χ1) is 12.8. The molecule has 0 aliphatic rings. The standard InChI is InChI=1S/C21H21N3O3/c1-21(2,3)17(25)13-22-20(27)18-19(26)15-11-7-8-12-16(15)24(23-18)14-9-5-4-6-10-14/h4-12H,13H2,1-3H3,(H,22,27). The minimum atomic E-state index is -0.659. The number of ketones is 1. The van der Waals surface area contributed by atoms with E-state index in [2.05, 4.69) is 10.4 Å². The van der Waals surface area contributed by atoms with Crippen LogP contribution in [0.3, 0.4) is 0 Å². The number of carbonyl (C=O) groups excluding carboxylic acids is 2. The molecule has 2 aromatic carbocycles. The minimum absolute atomic E-state index is 0.125. The van der Waals surface area contributed by atoms with Crippen molar-refractivity contribution >= 4 is 22.6 Å². The van der Waals surface area contributed by atoms with E-state index in [4.69, 9.17) is 0 Å². The molecular formula is C21H21N3O3. The maximum atomic E-state index is 12.8. The fourth-order valence-electron chi connectivity index (χ4n) is 2.60. The van der Waals surface area contributed by atoms with E-state index >= 15 is 0 Å². The summed E-state index contributed by atoms with van der Waals surface area (Å²) >= 11 is 0. The van der Waals surface area contributed by atoms with Gasteiger partial charge in [0.2, 0.25) is 5.43 Å². The van der Waals surface area contributed by atoms with Gasteiger partial charge in [-0.1, -0.05) is 51.1 Å². The molecular weight excluding hydrogens is 342 g/mol. The first kappa shape index (κ1) is 18.5. The van der Waals surface area contributed by atoms with Crippen LogP contribution in [0.2, 0.25) is 0 Å². The lowest BCUT2D eigenvalue weighted by Gasteiger charge is -2.17. The highest BCUT2D eigenvalue weighted by Crippen LogP contribution is 2.16. The zero-order valence-electron chi connectivity index (χ0n) is 15.5. The lowest BCUT2D eigenvalue weighted by Crippen LogP contribution is -2.38. The van der Waals surface area contributed by atoms with Gasteiger partial charge in [0.1, 0.15) is 0 Å². The Kier molecular flexibility index (Phi) is 4.90. The number of aromatic nitrogens is 2. The normalized spacial score (nSPS) is 11.4. The third kappa shape index (κ3) is 3.79. The van der Waals surface area contributed by atoms with Crippen molar-refractivity contribution in [3.63, 3.8) is 0 Å². The molecule has 0 bridgehead atoms. The lowest BCUT2D eigenvalue weighted by molar-refractivity contribution is -0.125. The number of hydrogen-bond acceptors (Lipinski definition) is 4. The van der Waals surface area contributed by atoms with Crippen LogP contribution in [0, 0.1) is 5.41 Å². The molecule has 0 atom stereocenters. The van der Waals surface area contributed by atoms with Gasteiger partial charge in [0, 0.05) is 5.41 Å². The van der Waals surface area contributed by atoms with Gasteiger partial charge in [-0.2, -0.15) is 5.10 Å². The average molecular weight is 363 g/mol. The molecule has 138 valence electrons. The van der Waals surface area contributed by atoms with E-state index in [-0.39, 0.29) is 18.0 Å². The van der Waals surface area contributed by atoms with Gasteiger partial charge in [-0.15, -0.1) is 0 Å². The number of Topliss-reactive ketones (excluding diaryl/α,β-unsaturated/α-hetero) is 1. The Labute approximate surface area is 156 Å². The van der Waals surface area contributed by atoms with Crippen LogP contribution in [0.15, 0.2) is 59.4 Å². The van der Waals surface area contributed by atoms with E-state index in [0.717, 1.165) is 5.69 Å². The van der Waals surface area contributed by atoms with Gasteiger partial charge in [-0.05, 0) is 24.3 Å². The number of rotatable bonds is 4. The molecule has 0 aliphatic heterocycles. The Bertz CT molecular complexity index is 1060. The van der Waals surface area contributed by atoms with E-state index in [0.29, 0.717) is 10.9 Å². The Balaban J connectivity index is 2.06. The zero-order valence-corrected chi connectivity index (χ0v) is 15.5. The van der Waals surface area contributed by atoms with Gasteiger partial charge >= 0.3 is 0 Å². The Morgan fingerprint density at radius 3 is 2.30 bits per heavy atom. The predicted molar refractivity (Wildman–Crippen MR) is 104 cm³/mol. The number of amides is 1. The molecule has 0 radical (unpaired) electrons. The van der Waals surface area contributed by atoms with Crippen molar-refractivity contribution in [2.75, 3.05) is 6.54 Å². The van der Waals surface area contributed by atoms with E-state index < -0.39 is 16.8 Å². The van der Waals surface area contributed by atoms with Crippen molar-refractivity contribution in [1.82, 2.24) is 15.1 Å². The maximum absolute atomic E-state index is 12.8. The highest BCUT2D eigenvalue weighted by molar-refractivity contribution is 5.98. The van der Waals surface area contributed by atoms with Gasteiger partial charge in [0.15, 0.2) is 11.5 Å². The highest BCUT2D eigenvalue weighted by Gasteiger charge is 2.23. The molecule has 0 saturated carbocycles. The summed E-state index contributed by atoms with van der Waals surface area (Å²) in [6, 6.07) is 16.3. The molecule has 3 aromatic rings. The molecule has 1 amide bonds. The molecule has 27 heavy (non-hydrogen) atoms. The second-order valence-electron chi connectivity index (χ2n) is 7.30. The van der Waals surface area contributed by atoms with Crippen LogP contribution in [0.5, 0.6) is 0 Å². The molecule has 0 saturated heterocycles. The number of carbonyl (C=O) groups is 2. The summed E-state index contributed by atoms with van der Waals surface area (Å²) in [5, 5.41) is 7.21. The van der Waals surface area contributed by atoms with E-state index in [1.54, 1.807) is 43.7 Å². The van der Waals surface area contributed by atoms with Crippen molar-refractivity contribution in [1.29, 1.82) is 0 Å². The third-order valence-electron chi connectivity index (χ3n) is 4.25. The summed E-state index contributed by atoms with van der Waals surface area (Å²) in [6.45, 7) is 5.18. The van der Waals surface area contributed by atoms with Crippen LogP contribution in [0.25, 0.3) is 16.6 Å². The summed E-state index contributed by atoms with van der Waals surface area (Å²) in [4.78, 5) is 37.4. The van der Waals surface area contributed by atoms with Crippen molar-refractivity contribution < 1.29 is 9.59 Å². The fourth-order valence-corrected chi connectivity index (χ4v) is 2.60. The molecule has 1 heterocycles. The van der Waals surface area contributed by atoms with Crippen molar-refractivity contribution in [3.05, 3.63) is 70.5 Å². The second kappa shape index (κ2) is 7.15. The van der Waals surface area contributed by atoms with E-state index in [1.807, 2.05) is 36.4 Å². The first-order valence-corrected chi connectivity index (χ1v) is 8.68. The molecule has 1 aromatic heterocycles. The maximum Gasteiger partial charge on any atom is 0.276 e. The van der Waals surface area contributed by atoms with Gasteiger partial charge < -0.3 is 5.32 Å². The Morgan fingerprint density at radius 1 is 1.00 bits per heavy atom. The SMILES string of the molecule is CC(C)(C)C(=O)CNC(=O)c1nn(-c2ccccc2)c2ccccc2c1=O. The fraction of sp³-hybridized carbons (Fsp3) is 0.238. The molecule has 0 fully saturated rings. The Morgan fingerprint density at radius 2 is 1.63 bits per heavy atom. The van der Waals surface area contributed by atoms with Gasteiger partial charge in [0.25, 0.3) is 5.91 Å². The topological polar surface area (TPSA) is 81.1 Å². The lowest BCUT2D eigenvalue weighted by atomic mass is 9.91. The summed E-state index contributed by atoms with van der Waals surface area (Å²) in [5.41, 5.74) is 0.0659. The quantitative estimate of drug-likeness (QED) is 0.773. The second-order valence-corrected chi connectivity index (χ2v) is 7.30. The molecule has 0 spiro atoms. The number of nitrogens with zero attached hydrogens (tertiary/aromatic N) is 2. The first-order valence-electron chi connectivity index (χ1n) is 8.68. The van der Waals surface area contributed by atoms with Crippen LogP contribution in [0.1, 0.15) is 31.3 Å². The third-order valence-corrected chi connectivity index (χ3v) is 4.25. The van der Waals surface area contributed by atoms with Crippen molar-refractivity contribution in [3.8, 4) is 5.69 Å². The monoisotopic (exact) mass is 363 g/mol. The zero-order chi connectivity index (χ0) is 19.6. The van der Waals surface area contributed by atoms with Gasteiger partial charge in [0.05, 0.1) is 23.1 Å². The summed E-state index contributed by atoms with van der Waals surface area (Å²) in [6.07, 6.45) is 0. The van der Waals surface area contributed by atoms with Crippen LogP contribution >= 0.6 is 0 Å². The van der Waals surface area contributed by atoms with Crippen molar-refractivity contribution in [2.24, 2.45) is 5.41 Å². The predicted octanol–water partition coefficient (Wildman–Crippen LogP) is 2.73. The number of para-hydroxylation sites is 2. The number of fused-ring (bicyclic) bond motifs is 1. The average Bonchev–Trinajstić information content (AvgIpc) is 2.66. The van der Waals surface area contributed by atoms with Gasteiger partial charge in [-0.3, -0.25) is 14.4 Å². The number of hydrogen-bond donors (Lipinski definition) is 1. The van der Waals surface area contributed by atoms with Gasteiger partial charge in [-0.25, -0.2) is 4.68 Å². The van der Waals surface area contributed by atoms with E-state index in [9.17, 15) is 14.4 Å². The van der Waals surface area contributed by atoms with E-state index in [1.165, 1.54) is 0 Å². The van der Waals surface area contributed by atoms with Crippen LogP contribution in [-0.2, 0) is 4.79 Å². The number of nitrogens with one attached hydrogen (secondary N) is 1. The molecule has 0 unspecified atom stereocenters. The smallest absolute Gasteiger partial charge is 0.276 e. The highest BCUT2D eigenvalue weighted by atomic mass is 16.2. The largest absolute Gasteiger partial charge is 0.343 e. The minimum Gasteiger partial charge on any atom is -0.343 e. The summed E-state index contributed by atoms with van der Waals surface area (Å²) in [5.74, 6) is -0.784. The summed E-state index contributed by atoms with van der Waals surface area (Å²) in [7, 11) is 0. The summed E-state index contributed by atoms with van der Waals surface area (Å²) < 4.78 is 1.57. The molecule has 0 aliphatic carbocycles. The molecule has 6 nitrogen and oxygen atoms in total. The van der Waals surface area contributed by atoms with Crippen LogP contribution in [0.4, 0.5) is 0 Å². The molecule has 1 N–H and O–H groups in total. The van der Waals surface area contributed by atoms with Crippen molar-refractivity contribution in [2.45, 2.75) is 20.8 Å².